The summed E-state index contributed by atoms with van der Waals surface area (Å²) in [7, 11) is -2.07. The summed E-state index contributed by atoms with van der Waals surface area (Å²) in [4.78, 5) is 0.199. The minimum Gasteiger partial charge on any atom is -0.380 e. The van der Waals surface area contributed by atoms with Crippen LogP contribution in [0.2, 0.25) is 0 Å². The fourth-order valence-corrected chi connectivity index (χ4v) is 3.34. The molecule has 0 heterocycles. The number of nitrogens with one attached hydrogen (secondary N) is 1. The number of ether oxygens (including phenoxy) is 1. The molecule has 2 aromatic rings. The quantitative estimate of drug-likeness (QED) is 0.856. The number of sulfonamides is 1. The van der Waals surface area contributed by atoms with Gasteiger partial charge in [-0.1, -0.05) is 30.3 Å². The van der Waals surface area contributed by atoms with E-state index in [2.05, 4.69) is 4.72 Å². The Labute approximate surface area is 124 Å². The van der Waals surface area contributed by atoms with Crippen LogP contribution in [0.5, 0.6) is 0 Å². The number of rotatable bonds is 6. The number of methoxy groups -OCH3 is 1. The highest BCUT2D eigenvalue weighted by Gasteiger charge is 2.17. The molecule has 0 radical (unpaired) electrons. The van der Waals surface area contributed by atoms with Crippen LogP contribution in [-0.2, 0) is 27.9 Å². The zero-order valence-electron chi connectivity index (χ0n) is 11.7. The standard InChI is InChI=1S/C15H18N2O3S/c1-20-11-12-5-4-7-14(9-12)17-21(18,19)15-8-3-2-6-13(15)10-16/h2-9,17H,10-11,16H2,1H3. The molecule has 2 aromatic carbocycles. The first kappa shape index (κ1) is 15.5. The number of hydrogen-bond acceptors (Lipinski definition) is 4. The molecular formula is C15H18N2O3S. The van der Waals surface area contributed by atoms with E-state index in [1.54, 1.807) is 49.6 Å². The molecule has 0 saturated heterocycles. The maximum Gasteiger partial charge on any atom is 0.262 e. The molecule has 0 atom stereocenters. The summed E-state index contributed by atoms with van der Waals surface area (Å²) in [6.07, 6.45) is 0. The predicted octanol–water partition coefficient (Wildman–Crippen LogP) is 2.09. The van der Waals surface area contributed by atoms with Crippen LogP contribution in [0.15, 0.2) is 53.4 Å². The summed E-state index contributed by atoms with van der Waals surface area (Å²) >= 11 is 0. The third kappa shape index (κ3) is 3.81. The van der Waals surface area contributed by atoms with E-state index in [1.807, 2.05) is 6.07 Å². The number of benzene rings is 2. The van der Waals surface area contributed by atoms with Crippen LogP contribution < -0.4 is 10.5 Å². The van der Waals surface area contributed by atoms with Gasteiger partial charge in [-0.3, -0.25) is 4.72 Å². The molecule has 3 N–H and O–H groups in total. The van der Waals surface area contributed by atoms with Crippen molar-refractivity contribution in [3.05, 3.63) is 59.7 Å². The number of anilines is 1. The highest BCUT2D eigenvalue weighted by Crippen LogP contribution is 2.20. The normalized spacial score (nSPS) is 11.3. The fraction of sp³-hybridized carbons (Fsp3) is 0.200. The van der Waals surface area contributed by atoms with E-state index in [-0.39, 0.29) is 11.4 Å². The lowest BCUT2D eigenvalue weighted by molar-refractivity contribution is 0.185. The van der Waals surface area contributed by atoms with Gasteiger partial charge in [-0.05, 0) is 29.3 Å². The Morgan fingerprint density at radius 3 is 2.62 bits per heavy atom. The highest BCUT2D eigenvalue weighted by molar-refractivity contribution is 7.92. The molecule has 112 valence electrons. The Morgan fingerprint density at radius 2 is 1.90 bits per heavy atom. The average Bonchev–Trinajstić information content (AvgIpc) is 2.47. The molecule has 0 saturated carbocycles. The van der Waals surface area contributed by atoms with Crippen molar-refractivity contribution in [1.82, 2.24) is 0 Å². The van der Waals surface area contributed by atoms with Gasteiger partial charge < -0.3 is 10.5 Å². The topological polar surface area (TPSA) is 81.4 Å². The van der Waals surface area contributed by atoms with Crippen molar-refractivity contribution in [1.29, 1.82) is 0 Å². The van der Waals surface area contributed by atoms with Crippen molar-refractivity contribution in [3.8, 4) is 0 Å². The number of nitrogens with two attached hydrogens (primary N) is 1. The van der Waals surface area contributed by atoms with Gasteiger partial charge in [0.15, 0.2) is 0 Å². The van der Waals surface area contributed by atoms with E-state index < -0.39 is 10.0 Å². The summed E-state index contributed by atoms with van der Waals surface area (Å²) in [5, 5.41) is 0. The Kier molecular flexibility index (Phi) is 4.95. The lowest BCUT2D eigenvalue weighted by Gasteiger charge is -2.12. The zero-order valence-corrected chi connectivity index (χ0v) is 12.6. The van der Waals surface area contributed by atoms with Gasteiger partial charge in [0, 0.05) is 19.3 Å². The molecule has 0 aromatic heterocycles. The van der Waals surface area contributed by atoms with E-state index in [1.165, 1.54) is 0 Å². The lowest BCUT2D eigenvalue weighted by Crippen LogP contribution is -2.16. The molecule has 0 spiro atoms. The van der Waals surface area contributed by atoms with Gasteiger partial charge in [-0.25, -0.2) is 8.42 Å². The van der Waals surface area contributed by atoms with E-state index in [0.717, 1.165) is 5.56 Å². The molecule has 21 heavy (non-hydrogen) atoms. The van der Waals surface area contributed by atoms with Gasteiger partial charge in [-0.2, -0.15) is 0 Å². The monoisotopic (exact) mass is 306 g/mol. The van der Waals surface area contributed by atoms with Crippen LogP contribution >= 0.6 is 0 Å². The predicted molar refractivity (Wildman–Crippen MR) is 82.3 cm³/mol. The summed E-state index contributed by atoms with van der Waals surface area (Å²) < 4.78 is 32.5. The second-order valence-corrected chi connectivity index (χ2v) is 6.20. The Balaban J connectivity index is 2.31. The molecule has 0 bridgehead atoms. The number of hydrogen-bond donors (Lipinski definition) is 2. The van der Waals surface area contributed by atoms with Gasteiger partial charge in [0.05, 0.1) is 11.5 Å². The summed E-state index contributed by atoms with van der Waals surface area (Å²) in [5.74, 6) is 0. The van der Waals surface area contributed by atoms with Crippen molar-refractivity contribution < 1.29 is 13.2 Å². The molecule has 0 aliphatic heterocycles. The minimum absolute atomic E-state index is 0.167. The van der Waals surface area contributed by atoms with Crippen molar-refractivity contribution in [2.24, 2.45) is 5.73 Å². The maximum absolute atomic E-state index is 12.5. The Bertz CT molecular complexity index is 714. The molecule has 0 aliphatic rings. The third-order valence-electron chi connectivity index (χ3n) is 2.97. The second kappa shape index (κ2) is 6.71. The second-order valence-electron chi connectivity index (χ2n) is 4.55. The summed E-state index contributed by atoms with van der Waals surface area (Å²) in [6, 6.07) is 13.8. The summed E-state index contributed by atoms with van der Waals surface area (Å²) in [5.41, 5.74) is 7.57. The Morgan fingerprint density at radius 1 is 1.14 bits per heavy atom. The molecule has 0 amide bonds. The molecule has 0 unspecified atom stereocenters. The largest absolute Gasteiger partial charge is 0.380 e. The maximum atomic E-state index is 12.5. The van der Waals surface area contributed by atoms with Gasteiger partial charge in [-0.15, -0.1) is 0 Å². The SMILES string of the molecule is COCc1cccc(NS(=O)(=O)c2ccccc2CN)c1. The first-order valence-electron chi connectivity index (χ1n) is 6.45. The smallest absolute Gasteiger partial charge is 0.262 e. The van der Waals surface area contributed by atoms with Gasteiger partial charge in [0.2, 0.25) is 0 Å². The minimum atomic E-state index is -3.66. The fourth-order valence-electron chi connectivity index (χ4n) is 2.04. The molecule has 0 fully saturated rings. The Hall–Kier alpha value is -1.89. The lowest BCUT2D eigenvalue weighted by atomic mass is 10.2. The van der Waals surface area contributed by atoms with Crippen LogP contribution in [0.3, 0.4) is 0 Å². The van der Waals surface area contributed by atoms with Crippen molar-refractivity contribution >= 4 is 15.7 Å². The van der Waals surface area contributed by atoms with Gasteiger partial charge in [0.25, 0.3) is 10.0 Å². The van der Waals surface area contributed by atoms with E-state index in [0.29, 0.717) is 17.9 Å². The average molecular weight is 306 g/mol. The van der Waals surface area contributed by atoms with E-state index in [9.17, 15) is 8.42 Å². The zero-order chi connectivity index (χ0) is 15.3. The van der Waals surface area contributed by atoms with Crippen molar-refractivity contribution in [3.63, 3.8) is 0 Å². The molecule has 2 rings (SSSR count). The van der Waals surface area contributed by atoms with Crippen molar-refractivity contribution in [2.75, 3.05) is 11.8 Å². The highest BCUT2D eigenvalue weighted by atomic mass is 32.2. The first-order chi connectivity index (χ1) is 10.1. The molecule has 6 heteroatoms. The summed E-state index contributed by atoms with van der Waals surface area (Å²) in [6.45, 7) is 0.593. The third-order valence-corrected chi connectivity index (χ3v) is 4.45. The van der Waals surface area contributed by atoms with Crippen LogP contribution in [0.1, 0.15) is 11.1 Å². The van der Waals surface area contributed by atoms with Gasteiger partial charge in [0.1, 0.15) is 0 Å². The van der Waals surface area contributed by atoms with Crippen LogP contribution in [0, 0.1) is 0 Å². The molecule has 5 nitrogen and oxygen atoms in total. The van der Waals surface area contributed by atoms with E-state index in [4.69, 9.17) is 10.5 Å². The van der Waals surface area contributed by atoms with Crippen molar-refractivity contribution in [2.45, 2.75) is 18.0 Å². The van der Waals surface area contributed by atoms with Crippen LogP contribution in [0.25, 0.3) is 0 Å². The van der Waals surface area contributed by atoms with Crippen LogP contribution in [-0.4, -0.2) is 15.5 Å². The van der Waals surface area contributed by atoms with Gasteiger partial charge >= 0.3 is 0 Å². The first-order valence-corrected chi connectivity index (χ1v) is 7.94. The molecule has 0 aliphatic carbocycles. The van der Waals surface area contributed by atoms with E-state index >= 15 is 0 Å². The molecular weight excluding hydrogens is 288 g/mol. The van der Waals surface area contributed by atoms with Crippen LogP contribution in [0.4, 0.5) is 5.69 Å².